The van der Waals surface area contributed by atoms with Gasteiger partial charge in [-0.25, -0.2) is 0 Å². The molecule has 0 aromatic heterocycles. The summed E-state index contributed by atoms with van der Waals surface area (Å²) in [5.74, 6) is 1.65. The fraction of sp³-hybridized carbons (Fsp3) is 0.944. The number of nitrogens with one attached hydrogen (secondary N) is 1. The van der Waals surface area contributed by atoms with Crippen molar-refractivity contribution in [1.29, 1.82) is 0 Å². The van der Waals surface area contributed by atoms with Crippen LogP contribution in [-0.2, 0) is 14.3 Å². The van der Waals surface area contributed by atoms with Crippen molar-refractivity contribution in [3.8, 4) is 0 Å². The third kappa shape index (κ3) is 19.7. The van der Waals surface area contributed by atoms with Gasteiger partial charge in [-0.15, -0.1) is 0 Å². The van der Waals surface area contributed by atoms with Crippen LogP contribution in [0, 0.1) is 10.8 Å². The van der Waals surface area contributed by atoms with E-state index in [-0.39, 0.29) is 5.91 Å². The van der Waals surface area contributed by atoms with E-state index in [1.807, 2.05) is 0 Å². The van der Waals surface area contributed by atoms with Gasteiger partial charge in [-0.1, -0.05) is 41.5 Å². The summed E-state index contributed by atoms with van der Waals surface area (Å²) >= 11 is 1.69. The Balaban J connectivity index is 3.30. The van der Waals surface area contributed by atoms with E-state index in [1.54, 1.807) is 11.8 Å². The van der Waals surface area contributed by atoms with E-state index in [1.165, 1.54) is 0 Å². The summed E-state index contributed by atoms with van der Waals surface area (Å²) in [4.78, 5) is 11.6. The third-order valence-corrected chi connectivity index (χ3v) is 4.13. The largest absolute Gasteiger partial charge is 0.379 e. The predicted molar refractivity (Wildman–Crippen MR) is 100 cm³/mol. The molecule has 0 aromatic carbocycles. The van der Waals surface area contributed by atoms with Gasteiger partial charge in [-0.2, -0.15) is 11.8 Å². The summed E-state index contributed by atoms with van der Waals surface area (Å²) in [6, 6.07) is 0. The zero-order valence-electron chi connectivity index (χ0n) is 16.0. The van der Waals surface area contributed by atoms with Crippen molar-refractivity contribution >= 4 is 17.7 Å². The van der Waals surface area contributed by atoms with Crippen LogP contribution in [0.5, 0.6) is 0 Å². The summed E-state index contributed by atoms with van der Waals surface area (Å²) < 4.78 is 11.0. The van der Waals surface area contributed by atoms with Gasteiger partial charge in [0, 0.05) is 13.2 Å². The normalized spacial score (nSPS) is 12.4. The summed E-state index contributed by atoms with van der Waals surface area (Å²) in [5, 5.41) is 2.88. The molecular formula is C18H37NO3S. The minimum atomic E-state index is 0.0916. The van der Waals surface area contributed by atoms with Gasteiger partial charge >= 0.3 is 0 Å². The molecule has 0 radical (unpaired) electrons. The molecule has 0 atom stereocenters. The Hall–Kier alpha value is -0.260. The van der Waals surface area contributed by atoms with Gasteiger partial charge in [-0.05, 0) is 29.4 Å². The van der Waals surface area contributed by atoms with Gasteiger partial charge in [0.05, 0.1) is 25.6 Å². The number of carbonyl (C=O) groups excluding carboxylic acids is 1. The van der Waals surface area contributed by atoms with E-state index >= 15 is 0 Å². The summed E-state index contributed by atoms with van der Waals surface area (Å²) in [5.41, 5.74) is 0.655. The molecule has 0 saturated carbocycles. The van der Waals surface area contributed by atoms with Crippen molar-refractivity contribution in [3.63, 3.8) is 0 Å². The van der Waals surface area contributed by atoms with Crippen LogP contribution in [0.3, 0.4) is 0 Å². The molecule has 23 heavy (non-hydrogen) atoms. The Morgan fingerprint density at radius 2 is 1.43 bits per heavy atom. The number of hydrogen-bond donors (Lipinski definition) is 1. The molecular weight excluding hydrogens is 310 g/mol. The fourth-order valence-corrected chi connectivity index (χ4v) is 2.75. The second-order valence-corrected chi connectivity index (χ2v) is 9.35. The molecule has 0 rings (SSSR count). The molecule has 138 valence electrons. The van der Waals surface area contributed by atoms with Crippen LogP contribution in [-0.4, -0.2) is 50.4 Å². The van der Waals surface area contributed by atoms with E-state index < -0.39 is 0 Å². The van der Waals surface area contributed by atoms with E-state index in [0.29, 0.717) is 42.9 Å². The first-order valence-electron chi connectivity index (χ1n) is 8.60. The van der Waals surface area contributed by atoms with Crippen molar-refractivity contribution in [2.75, 3.05) is 44.5 Å². The van der Waals surface area contributed by atoms with Gasteiger partial charge in [-0.3, -0.25) is 4.79 Å². The SMILES string of the molecule is CC(C)(C)CCOCCOCCNC(=O)CSCCC(C)(C)C. The van der Waals surface area contributed by atoms with Crippen LogP contribution in [0.2, 0.25) is 0 Å². The first-order valence-corrected chi connectivity index (χ1v) is 9.76. The highest BCUT2D eigenvalue weighted by atomic mass is 32.2. The smallest absolute Gasteiger partial charge is 0.230 e. The van der Waals surface area contributed by atoms with E-state index in [0.717, 1.165) is 25.2 Å². The molecule has 0 heterocycles. The summed E-state index contributed by atoms with van der Waals surface area (Å²) in [7, 11) is 0. The molecule has 1 N–H and O–H groups in total. The maximum Gasteiger partial charge on any atom is 0.230 e. The molecule has 5 heteroatoms. The lowest BCUT2D eigenvalue weighted by molar-refractivity contribution is -0.118. The first-order chi connectivity index (χ1) is 10.6. The maximum atomic E-state index is 11.6. The lowest BCUT2D eigenvalue weighted by atomic mass is 9.93. The monoisotopic (exact) mass is 347 g/mol. The highest BCUT2D eigenvalue weighted by Crippen LogP contribution is 2.21. The van der Waals surface area contributed by atoms with Gasteiger partial charge < -0.3 is 14.8 Å². The fourth-order valence-electron chi connectivity index (χ4n) is 1.56. The highest BCUT2D eigenvalue weighted by Gasteiger charge is 2.10. The Bertz CT molecular complexity index is 308. The molecule has 0 fully saturated rings. The van der Waals surface area contributed by atoms with Gasteiger partial charge in [0.2, 0.25) is 5.91 Å². The van der Waals surface area contributed by atoms with Crippen molar-refractivity contribution < 1.29 is 14.3 Å². The molecule has 0 saturated heterocycles. The number of amides is 1. The topological polar surface area (TPSA) is 47.6 Å². The maximum absolute atomic E-state index is 11.6. The van der Waals surface area contributed by atoms with Crippen molar-refractivity contribution in [2.24, 2.45) is 10.8 Å². The van der Waals surface area contributed by atoms with Crippen LogP contribution in [0.25, 0.3) is 0 Å². The highest BCUT2D eigenvalue weighted by molar-refractivity contribution is 7.99. The molecule has 0 aliphatic carbocycles. The zero-order valence-corrected chi connectivity index (χ0v) is 16.8. The average molecular weight is 348 g/mol. The minimum Gasteiger partial charge on any atom is -0.379 e. The lowest BCUT2D eigenvalue weighted by Crippen LogP contribution is -2.29. The van der Waals surface area contributed by atoms with E-state index in [2.05, 4.69) is 46.9 Å². The molecule has 0 aliphatic heterocycles. The van der Waals surface area contributed by atoms with Crippen LogP contribution >= 0.6 is 11.8 Å². The van der Waals surface area contributed by atoms with Crippen molar-refractivity contribution in [2.45, 2.75) is 54.4 Å². The van der Waals surface area contributed by atoms with Crippen molar-refractivity contribution in [1.82, 2.24) is 5.32 Å². The van der Waals surface area contributed by atoms with Crippen LogP contribution in [0.4, 0.5) is 0 Å². The van der Waals surface area contributed by atoms with Crippen molar-refractivity contribution in [3.05, 3.63) is 0 Å². The number of hydrogen-bond acceptors (Lipinski definition) is 4. The standard InChI is InChI=1S/C18H37NO3S/c1-17(2,3)7-10-21-12-13-22-11-9-19-16(20)15-23-14-8-18(4,5)6/h7-15H2,1-6H3,(H,19,20). The molecule has 0 aliphatic rings. The molecule has 0 bridgehead atoms. The number of thioether (sulfide) groups is 1. The molecule has 0 aromatic rings. The van der Waals surface area contributed by atoms with Crippen LogP contribution in [0.1, 0.15) is 54.4 Å². The average Bonchev–Trinajstić information content (AvgIpc) is 2.39. The van der Waals surface area contributed by atoms with E-state index in [4.69, 9.17) is 9.47 Å². The lowest BCUT2D eigenvalue weighted by Gasteiger charge is -2.17. The minimum absolute atomic E-state index is 0.0916. The predicted octanol–water partition coefficient (Wildman–Crippen LogP) is 3.74. The zero-order chi connectivity index (χ0) is 17.8. The summed E-state index contributed by atoms with van der Waals surface area (Å²) in [6.45, 7) is 16.4. The van der Waals surface area contributed by atoms with Crippen LogP contribution < -0.4 is 5.32 Å². The van der Waals surface area contributed by atoms with E-state index in [9.17, 15) is 4.79 Å². The van der Waals surface area contributed by atoms with Gasteiger partial charge in [0.15, 0.2) is 0 Å². The molecule has 0 spiro atoms. The summed E-state index contributed by atoms with van der Waals surface area (Å²) in [6.07, 6.45) is 2.18. The number of carbonyl (C=O) groups is 1. The molecule has 0 unspecified atom stereocenters. The molecule has 4 nitrogen and oxygen atoms in total. The second-order valence-electron chi connectivity index (χ2n) is 8.25. The van der Waals surface area contributed by atoms with Gasteiger partial charge in [0.1, 0.15) is 0 Å². The molecule has 1 amide bonds. The number of ether oxygens (including phenoxy) is 2. The Kier molecular flexibility index (Phi) is 12.0. The first kappa shape index (κ1) is 22.7. The van der Waals surface area contributed by atoms with Gasteiger partial charge in [0.25, 0.3) is 0 Å². The Morgan fingerprint density at radius 1 is 0.870 bits per heavy atom. The van der Waals surface area contributed by atoms with Crippen LogP contribution in [0.15, 0.2) is 0 Å². The Morgan fingerprint density at radius 3 is 2.00 bits per heavy atom. The number of rotatable bonds is 12. The Labute approximate surface area is 147 Å². The third-order valence-electron chi connectivity index (χ3n) is 3.17. The second kappa shape index (κ2) is 12.2. The quantitative estimate of drug-likeness (QED) is 0.546.